The van der Waals surface area contributed by atoms with Crippen molar-refractivity contribution in [3.05, 3.63) is 30.0 Å². The lowest BCUT2D eigenvalue weighted by molar-refractivity contribution is -0.179. The van der Waals surface area contributed by atoms with Crippen LogP contribution in [0.15, 0.2) is 24.3 Å². The topological polar surface area (TPSA) is 62.7 Å². The Labute approximate surface area is 149 Å². The molecular formula is C18H21F3N2O3. The quantitative estimate of drug-likeness (QED) is 0.809. The summed E-state index contributed by atoms with van der Waals surface area (Å²) in [4.78, 5) is 14.9. The predicted octanol–water partition coefficient (Wildman–Crippen LogP) is 4.03. The number of carboxylic acid groups (broad SMARTS) is 1. The molecule has 0 spiro atoms. The molecule has 26 heavy (non-hydrogen) atoms. The number of alkyl halides is 3. The summed E-state index contributed by atoms with van der Waals surface area (Å²) in [5, 5.41) is 8.83. The number of fused-ring (bicyclic) bond motifs is 1. The molecule has 3 rings (SSSR count). The van der Waals surface area contributed by atoms with Crippen LogP contribution < -0.4 is 9.64 Å². The molecule has 1 N–H and O–H groups in total. The van der Waals surface area contributed by atoms with E-state index in [1.165, 1.54) is 0 Å². The number of rotatable bonds is 2. The Morgan fingerprint density at radius 3 is 2.42 bits per heavy atom. The van der Waals surface area contributed by atoms with Crippen LogP contribution in [0.2, 0.25) is 0 Å². The first-order valence-corrected chi connectivity index (χ1v) is 8.15. The molecule has 0 aliphatic carbocycles. The van der Waals surface area contributed by atoms with Gasteiger partial charge in [0.15, 0.2) is 0 Å². The minimum atomic E-state index is -4.10. The number of ether oxygens (including phenoxy) is 1. The van der Waals surface area contributed by atoms with Gasteiger partial charge in [0.1, 0.15) is 11.6 Å². The van der Waals surface area contributed by atoms with Crippen LogP contribution in [0.1, 0.15) is 18.5 Å². The fraction of sp³-hybridized carbons (Fsp3) is 0.444. The lowest BCUT2D eigenvalue weighted by atomic mass is 9.96. The largest absolute Gasteiger partial charge is 0.497 e. The average molecular weight is 370 g/mol. The van der Waals surface area contributed by atoms with Crippen LogP contribution in [0.3, 0.4) is 0 Å². The van der Waals surface area contributed by atoms with Crippen LogP contribution in [0.25, 0.3) is 10.8 Å². The van der Waals surface area contributed by atoms with Crippen LogP contribution in [-0.4, -0.2) is 42.9 Å². The lowest BCUT2D eigenvalue weighted by Gasteiger charge is -2.34. The number of aromatic nitrogens is 1. The molecule has 1 aliphatic heterocycles. The highest BCUT2D eigenvalue weighted by atomic mass is 19.4. The number of piperidine rings is 1. The maximum Gasteiger partial charge on any atom is 0.391 e. The SMILES string of the molecule is COc1ccc2c(N3CCC(C(F)(F)F)CC3)nc(C)cc2c1.O=CO. The number of anilines is 1. The molecule has 1 aliphatic rings. The van der Waals surface area contributed by atoms with Gasteiger partial charge in [0.2, 0.25) is 0 Å². The number of nitrogens with zero attached hydrogens (tertiary/aromatic N) is 2. The van der Waals surface area contributed by atoms with Gasteiger partial charge in [-0.15, -0.1) is 0 Å². The number of aryl methyl sites for hydroxylation is 1. The summed E-state index contributed by atoms with van der Waals surface area (Å²) < 4.78 is 43.7. The van der Waals surface area contributed by atoms with Gasteiger partial charge < -0.3 is 14.7 Å². The molecule has 0 amide bonds. The summed E-state index contributed by atoms with van der Waals surface area (Å²) >= 11 is 0. The Bertz CT molecular complexity index is 757. The van der Waals surface area contributed by atoms with E-state index in [2.05, 4.69) is 4.98 Å². The maximum absolute atomic E-state index is 12.8. The Kier molecular flexibility index (Phi) is 6.28. The molecule has 1 aromatic heterocycles. The molecular weight excluding hydrogens is 349 g/mol. The third-order valence-electron chi connectivity index (χ3n) is 4.40. The minimum Gasteiger partial charge on any atom is -0.497 e. The van der Waals surface area contributed by atoms with Gasteiger partial charge in [-0.25, -0.2) is 4.98 Å². The molecule has 0 atom stereocenters. The second-order valence-electron chi connectivity index (χ2n) is 6.08. The van der Waals surface area contributed by atoms with E-state index in [-0.39, 0.29) is 19.3 Å². The maximum atomic E-state index is 12.8. The lowest BCUT2D eigenvalue weighted by Crippen LogP contribution is -2.39. The monoisotopic (exact) mass is 370 g/mol. The summed E-state index contributed by atoms with van der Waals surface area (Å²) in [6.07, 6.45) is -3.85. The van der Waals surface area contributed by atoms with Crippen molar-refractivity contribution in [1.29, 1.82) is 0 Å². The summed E-state index contributed by atoms with van der Waals surface area (Å²) in [5.41, 5.74) is 0.846. The zero-order valence-corrected chi connectivity index (χ0v) is 14.6. The number of pyridine rings is 1. The van der Waals surface area contributed by atoms with Gasteiger partial charge in [-0.2, -0.15) is 13.2 Å². The highest BCUT2D eigenvalue weighted by Gasteiger charge is 2.41. The van der Waals surface area contributed by atoms with Crippen LogP contribution in [0.5, 0.6) is 5.75 Å². The van der Waals surface area contributed by atoms with Crippen LogP contribution >= 0.6 is 0 Å². The average Bonchev–Trinajstić information content (AvgIpc) is 2.60. The molecule has 5 nitrogen and oxygen atoms in total. The molecule has 2 aromatic rings. The Morgan fingerprint density at radius 1 is 1.27 bits per heavy atom. The van der Waals surface area contributed by atoms with Crippen molar-refractivity contribution in [2.24, 2.45) is 5.92 Å². The first-order chi connectivity index (χ1) is 12.3. The fourth-order valence-corrected chi connectivity index (χ4v) is 3.14. The van der Waals surface area contributed by atoms with Gasteiger partial charge in [-0.3, -0.25) is 4.79 Å². The first kappa shape index (κ1) is 19.8. The third-order valence-corrected chi connectivity index (χ3v) is 4.40. The van der Waals surface area contributed by atoms with Crippen molar-refractivity contribution in [1.82, 2.24) is 4.98 Å². The standard InChI is InChI=1S/C17H19F3N2O.CH2O2/c1-11-9-12-10-14(23-2)3-4-15(12)16(21-11)22-7-5-13(6-8-22)17(18,19)20;2-1-3/h3-4,9-10,13H,5-8H2,1-2H3;1H,(H,2,3). The first-order valence-electron chi connectivity index (χ1n) is 8.15. The summed E-state index contributed by atoms with van der Waals surface area (Å²) in [6.45, 7) is 2.40. The van der Waals surface area contributed by atoms with Crippen molar-refractivity contribution in [2.75, 3.05) is 25.1 Å². The van der Waals surface area contributed by atoms with E-state index >= 15 is 0 Å². The Balaban J connectivity index is 0.000000758. The highest BCUT2D eigenvalue weighted by molar-refractivity contribution is 5.93. The van der Waals surface area contributed by atoms with Gasteiger partial charge in [0, 0.05) is 24.2 Å². The van der Waals surface area contributed by atoms with Crippen LogP contribution in [-0.2, 0) is 4.79 Å². The van der Waals surface area contributed by atoms with Crippen molar-refractivity contribution in [3.8, 4) is 5.75 Å². The minimum absolute atomic E-state index is 0.122. The third kappa shape index (κ3) is 4.56. The van der Waals surface area contributed by atoms with E-state index in [4.69, 9.17) is 14.6 Å². The molecule has 1 saturated heterocycles. The van der Waals surface area contributed by atoms with E-state index < -0.39 is 12.1 Å². The molecule has 1 fully saturated rings. The van der Waals surface area contributed by atoms with Crippen molar-refractivity contribution < 1.29 is 27.8 Å². The second kappa shape index (κ2) is 8.25. The molecule has 1 aromatic carbocycles. The second-order valence-corrected chi connectivity index (χ2v) is 6.08. The zero-order chi connectivity index (χ0) is 19.3. The predicted molar refractivity (Wildman–Crippen MR) is 92.7 cm³/mol. The smallest absolute Gasteiger partial charge is 0.391 e. The number of halogens is 3. The number of methoxy groups -OCH3 is 1. The number of carbonyl (C=O) groups is 1. The van der Waals surface area contributed by atoms with Crippen LogP contribution in [0, 0.1) is 12.8 Å². The van der Waals surface area contributed by atoms with Crippen LogP contribution in [0.4, 0.5) is 19.0 Å². The number of benzene rings is 1. The Hall–Kier alpha value is -2.51. The van der Waals surface area contributed by atoms with Gasteiger partial charge in [0.05, 0.1) is 13.0 Å². The van der Waals surface area contributed by atoms with Gasteiger partial charge >= 0.3 is 6.18 Å². The van der Waals surface area contributed by atoms with E-state index in [9.17, 15) is 13.2 Å². The van der Waals surface area contributed by atoms with Crippen molar-refractivity contribution >= 4 is 23.1 Å². The van der Waals surface area contributed by atoms with Crippen molar-refractivity contribution in [2.45, 2.75) is 25.9 Å². The zero-order valence-electron chi connectivity index (χ0n) is 14.6. The van der Waals surface area contributed by atoms with E-state index in [1.54, 1.807) is 7.11 Å². The van der Waals surface area contributed by atoms with Gasteiger partial charge in [0.25, 0.3) is 6.47 Å². The normalized spacial score (nSPS) is 15.3. The molecule has 0 unspecified atom stereocenters. The number of hydrogen-bond acceptors (Lipinski definition) is 4. The molecule has 2 heterocycles. The summed E-state index contributed by atoms with van der Waals surface area (Å²) in [7, 11) is 1.61. The fourth-order valence-electron chi connectivity index (χ4n) is 3.14. The molecule has 0 radical (unpaired) electrons. The summed E-state index contributed by atoms with van der Waals surface area (Å²) in [6, 6.07) is 7.66. The van der Waals surface area contributed by atoms with Crippen molar-refractivity contribution in [3.63, 3.8) is 0 Å². The van der Waals surface area contributed by atoms with Gasteiger partial charge in [-0.1, -0.05) is 0 Å². The van der Waals surface area contributed by atoms with Gasteiger partial charge in [-0.05, 0) is 49.4 Å². The van der Waals surface area contributed by atoms with E-state index in [0.29, 0.717) is 13.1 Å². The molecule has 8 heteroatoms. The molecule has 0 saturated carbocycles. The summed E-state index contributed by atoms with van der Waals surface area (Å²) in [5.74, 6) is 0.322. The molecule has 142 valence electrons. The molecule has 0 bridgehead atoms. The number of hydrogen-bond donors (Lipinski definition) is 1. The highest BCUT2D eigenvalue weighted by Crippen LogP contribution is 2.37. The van der Waals surface area contributed by atoms with E-state index in [0.717, 1.165) is 28.0 Å². The Morgan fingerprint density at radius 2 is 1.88 bits per heavy atom. The van der Waals surface area contributed by atoms with E-state index in [1.807, 2.05) is 36.1 Å².